The standard InChI is InChI=1S/C25H23F3N2O5/c1-14(30-23(32)21-22(31)20(34-3)12-13-29-21)24(33)35-15(2)16-4-6-17(7-5-16)18-8-10-19(11-9-18)25(26,27)28/h4-15,31H,1-3H3,(H,30,32)/t14-,15-/m0/s1. The van der Waals surface area contributed by atoms with Crippen molar-refractivity contribution >= 4 is 11.9 Å². The number of amides is 1. The minimum absolute atomic E-state index is 0.0637. The first-order valence-corrected chi connectivity index (χ1v) is 10.5. The van der Waals surface area contributed by atoms with Crippen molar-refractivity contribution in [1.29, 1.82) is 0 Å². The molecule has 0 aliphatic heterocycles. The zero-order valence-corrected chi connectivity index (χ0v) is 19.1. The summed E-state index contributed by atoms with van der Waals surface area (Å²) in [5, 5.41) is 12.5. The Hall–Kier alpha value is -4.08. The maximum absolute atomic E-state index is 12.7. The number of pyridine rings is 1. The molecule has 0 aliphatic carbocycles. The predicted octanol–water partition coefficient (Wildman–Crippen LogP) is 4.90. The number of carbonyl (C=O) groups is 2. The van der Waals surface area contributed by atoms with Gasteiger partial charge >= 0.3 is 12.1 Å². The Bertz CT molecular complexity index is 1200. The van der Waals surface area contributed by atoms with Crippen LogP contribution in [0.2, 0.25) is 0 Å². The molecule has 2 atom stereocenters. The van der Waals surface area contributed by atoms with Crippen LogP contribution in [0.25, 0.3) is 11.1 Å². The number of halogens is 3. The van der Waals surface area contributed by atoms with E-state index < -0.39 is 41.5 Å². The summed E-state index contributed by atoms with van der Waals surface area (Å²) in [6, 6.07) is 12.0. The highest BCUT2D eigenvalue weighted by Crippen LogP contribution is 2.31. The van der Waals surface area contributed by atoms with Crippen molar-refractivity contribution in [3.05, 3.63) is 77.6 Å². The second-order valence-corrected chi connectivity index (χ2v) is 7.68. The number of benzene rings is 2. The van der Waals surface area contributed by atoms with E-state index in [4.69, 9.17) is 9.47 Å². The van der Waals surface area contributed by atoms with E-state index in [0.717, 1.165) is 12.1 Å². The van der Waals surface area contributed by atoms with Gasteiger partial charge in [0.2, 0.25) is 0 Å². The van der Waals surface area contributed by atoms with Gasteiger partial charge in [0.1, 0.15) is 12.1 Å². The fourth-order valence-corrected chi connectivity index (χ4v) is 3.23. The third-order valence-electron chi connectivity index (χ3n) is 5.24. The van der Waals surface area contributed by atoms with Crippen LogP contribution >= 0.6 is 0 Å². The molecular weight excluding hydrogens is 465 g/mol. The van der Waals surface area contributed by atoms with E-state index in [1.165, 1.54) is 38.4 Å². The molecule has 2 N–H and O–H groups in total. The van der Waals surface area contributed by atoms with Crippen molar-refractivity contribution < 1.29 is 37.3 Å². The summed E-state index contributed by atoms with van der Waals surface area (Å²) in [6.07, 6.45) is -3.78. The summed E-state index contributed by atoms with van der Waals surface area (Å²) in [5.41, 5.74) is 0.944. The van der Waals surface area contributed by atoms with Crippen LogP contribution in [0.15, 0.2) is 60.8 Å². The van der Waals surface area contributed by atoms with Gasteiger partial charge in [-0.1, -0.05) is 36.4 Å². The highest BCUT2D eigenvalue weighted by molar-refractivity contribution is 5.97. The van der Waals surface area contributed by atoms with Crippen molar-refractivity contribution in [2.45, 2.75) is 32.2 Å². The van der Waals surface area contributed by atoms with Crippen LogP contribution in [-0.2, 0) is 15.7 Å². The Balaban J connectivity index is 1.61. The summed E-state index contributed by atoms with van der Waals surface area (Å²) in [6.45, 7) is 3.08. The van der Waals surface area contributed by atoms with Crippen LogP contribution in [0.4, 0.5) is 13.2 Å². The van der Waals surface area contributed by atoms with Crippen LogP contribution in [-0.4, -0.2) is 35.1 Å². The fraction of sp³-hybridized carbons (Fsp3) is 0.240. The molecule has 3 rings (SSSR count). The third-order valence-corrected chi connectivity index (χ3v) is 5.24. The molecule has 7 nitrogen and oxygen atoms in total. The number of hydrogen-bond donors (Lipinski definition) is 2. The van der Waals surface area contributed by atoms with Crippen LogP contribution in [0.1, 0.15) is 41.6 Å². The van der Waals surface area contributed by atoms with Crippen LogP contribution < -0.4 is 10.1 Å². The van der Waals surface area contributed by atoms with Crippen molar-refractivity contribution in [3.8, 4) is 22.6 Å². The molecule has 0 spiro atoms. The summed E-state index contributed by atoms with van der Waals surface area (Å²) in [7, 11) is 1.33. The molecule has 0 saturated carbocycles. The zero-order valence-electron chi connectivity index (χ0n) is 19.1. The summed E-state index contributed by atoms with van der Waals surface area (Å²) in [4.78, 5) is 28.7. The van der Waals surface area contributed by atoms with Gasteiger partial charge < -0.3 is 19.9 Å². The summed E-state index contributed by atoms with van der Waals surface area (Å²) < 4.78 is 48.6. The number of rotatable bonds is 7. The minimum Gasteiger partial charge on any atom is -0.503 e. The number of nitrogens with one attached hydrogen (secondary N) is 1. The monoisotopic (exact) mass is 488 g/mol. The number of aromatic nitrogens is 1. The second kappa shape index (κ2) is 10.5. The summed E-state index contributed by atoms with van der Waals surface area (Å²) in [5.74, 6) is -1.87. The average Bonchev–Trinajstić information content (AvgIpc) is 2.83. The van der Waals surface area contributed by atoms with Gasteiger partial charge in [0.25, 0.3) is 5.91 Å². The molecule has 0 fully saturated rings. The maximum Gasteiger partial charge on any atom is 0.416 e. The Morgan fingerprint density at radius 3 is 2.09 bits per heavy atom. The lowest BCUT2D eigenvalue weighted by atomic mass is 10.0. The van der Waals surface area contributed by atoms with Crippen LogP contribution in [0.3, 0.4) is 0 Å². The Morgan fingerprint density at radius 1 is 0.971 bits per heavy atom. The Morgan fingerprint density at radius 2 is 1.54 bits per heavy atom. The van der Waals surface area contributed by atoms with Gasteiger partial charge in [0, 0.05) is 12.3 Å². The number of alkyl halides is 3. The van der Waals surface area contributed by atoms with E-state index in [-0.39, 0.29) is 11.4 Å². The first-order chi connectivity index (χ1) is 16.5. The van der Waals surface area contributed by atoms with E-state index in [9.17, 15) is 27.9 Å². The first-order valence-electron chi connectivity index (χ1n) is 10.5. The van der Waals surface area contributed by atoms with Gasteiger partial charge in [-0.3, -0.25) is 4.79 Å². The fourth-order valence-electron chi connectivity index (χ4n) is 3.23. The largest absolute Gasteiger partial charge is 0.503 e. The number of ether oxygens (including phenoxy) is 2. The van der Waals surface area contributed by atoms with E-state index in [2.05, 4.69) is 10.3 Å². The molecule has 0 bridgehead atoms. The topological polar surface area (TPSA) is 97.8 Å². The lowest BCUT2D eigenvalue weighted by Crippen LogP contribution is -2.40. The van der Waals surface area contributed by atoms with Crippen molar-refractivity contribution in [2.24, 2.45) is 0 Å². The molecule has 1 heterocycles. The predicted molar refractivity (Wildman–Crippen MR) is 121 cm³/mol. The number of esters is 1. The zero-order chi connectivity index (χ0) is 25.8. The first kappa shape index (κ1) is 25.5. The SMILES string of the molecule is COc1ccnc(C(=O)N[C@@H](C)C(=O)O[C@@H](C)c2ccc(-c3ccc(C(F)(F)F)cc3)cc2)c1O. The van der Waals surface area contributed by atoms with E-state index in [1.54, 1.807) is 31.2 Å². The highest BCUT2D eigenvalue weighted by atomic mass is 19.4. The normalized spacial score (nSPS) is 13.0. The van der Waals surface area contributed by atoms with E-state index in [1.807, 2.05) is 0 Å². The second-order valence-electron chi connectivity index (χ2n) is 7.68. The van der Waals surface area contributed by atoms with Crippen molar-refractivity contribution in [1.82, 2.24) is 10.3 Å². The Labute approximate surface area is 199 Å². The third kappa shape index (κ3) is 6.08. The summed E-state index contributed by atoms with van der Waals surface area (Å²) >= 11 is 0. The molecule has 2 aromatic carbocycles. The number of carbonyl (C=O) groups excluding carboxylic acids is 2. The van der Waals surface area contributed by atoms with Crippen LogP contribution in [0.5, 0.6) is 11.5 Å². The minimum atomic E-state index is -4.40. The maximum atomic E-state index is 12.7. The van der Waals surface area contributed by atoms with Gasteiger partial charge in [0.15, 0.2) is 17.2 Å². The number of nitrogens with zero attached hydrogens (tertiary/aromatic N) is 1. The average molecular weight is 488 g/mol. The molecule has 0 aliphatic rings. The number of aromatic hydroxyl groups is 1. The molecule has 0 radical (unpaired) electrons. The number of methoxy groups -OCH3 is 1. The van der Waals surface area contributed by atoms with E-state index in [0.29, 0.717) is 16.7 Å². The van der Waals surface area contributed by atoms with Crippen molar-refractivity contribution in [3.63, 3.8) is 0 Å². The molecule has 10 heteroatoms. The molecule has 184 valence electrons. The molecular formula is C25H23F3N2O5. The van der Waals surface area contributed by atoms with E-state index >= 15 is 0 Å². The molecule has 1 amide bonds. The van der Waals surface area contributed by atoms with Gasteiger partial charge in [-0.2, -0.15) is 13.2 Å². The highest BCUT2D eigenvalue weighted by Gasteiger charge is 2.30. The molecule has 0 unspecified atom stereocenters. The Kier molecular flexibility index (Phi) is 7.63. The molecule has 0 saturated heterocycles. The van der Waals surface area contributed by atoms with Gasteiger partial charge in [-0.25, -0.2) is 9.78 Å². The smallest absolute Gasteiger partial charge is 0.416 e. The van der Waals surface area contributed by atoms with Gasteiger partial charge in [-0.05, 0) is 42.7 Å². The van der Waals surface area contributed by atoms with Gasteiger partial charge in [0.05, 0.1) is 12.7 Å². The molecule has 35 heavy (non-hydrogen) atoms. The molecule has 1 aromatic heterocycles. The van der Waals surface area contributed by atoms with Crippen LogP contribution in [0, 0.1) is 0 Å². The molecule has 3 aromatic rings. The van der Waals surface area contributed by atoms with Crippen molar-refractivity contribution in [2.75, 3.05) is 7.11 Å². The quantitative estimate of drug-likeness (QED) is 0.459. The lowest BCUT2D eigenvalue weighted by Gasteiger charge is -2.18. The van der Waals surface area contributed by atoms with Gasteiger partial charge in [-0.15, -0.1) is 0 Å². The number of hydrogen-bond acceptors (Lipinski definition) is 6. The lowest BCUT2D eigenvalue weighted by molar-refractivity contribution is -0.150.